The molecule has 0 atom stereocenters. The summed E-state index contributed by atoms with van der Waals surface area (Å²) < 4.78 is 7.16. The van der Waals surface area contributed by atoms with Gasteiger partial charge >= 0.3 is 0 Å². The van der Waals surface area contributed by atoms with Crippen LogP contribution >= 0.6 is 0 Å². The van der Waals surface area contributed by atoms with E-state index in [9.17, 15) is 4.79 Å². The summed E-state index contributed by atoms with van der Waals surface area (Å²) in [5, 5.41) is 4.38. The number of aromatic nitrogens is 3. The fourth-order valence-electron chi connectivity index (χ4n) is 3.53. The van der Waals surface area contributed by atoms with Gasteiger partial charge in [-0.15, -0.1) is 0 Å². The lowest BCUT2D eigenvalue weighted by Gasteiger charge is -2.10. The summed E-state index contributed by atoms with van der Waals surface area (Å²) in [5.74, 6) is 0.796. The third-order valence-corrected chi connectivity index (χ3v) is 5.25. The predicted octanol–water partition coefficient (Wildman–Crippen LogP) is 3.83. The Morgan fingerprint density at radius 3 is 2.79 bits per heavy atom. The Labute approximate surface area is 163 Å². The standard InChI is InChI=1S/C22H24N4O2/c1-13-7-8-16-12-17(22(27)25-18(16)15(13)3)19-21(23-9-11-28-4)26-10-5-6-14(2)20(26)24-19/h5-8,10,12,23H,9,11H2,1-4H3,(H,25,27). The first-order valence-electron chi connectivity index (χ1n) is 9.35. The molecule has 4 rings (SSSR count). The van der Waals surface area contributed by atoms with Crippen molar-refractivity contribution in [3.05, 3.63) is 63.6 Å². The third-order valence-electron chi connectivity index (χ3n) is 5.25. The third kappa shape index (κ3) is 2.96. The Kier molecular flexibility index (Phi) is 4.65. The molecule has 0 aliphatic heterocycles. The Morgan fingerprint density at radius 1 is 1.18 bits per heavy atom. The number of nitrogens with one attached hydrogen (secondary N) is 2. The monoisotopic (exact) mass is 376 g/mol. The molecule has 3 heterocycles. The molecule has 0 spiro atoms. The van der Waals surface area contributed by atoms with Gasteiger partial charge in [-0.3, -0.25) is 9.20 Å². The zero-order valence-electron chi connectivity index (χ0n) is 16.6. The number of hydrogen-bond donors (Lipinski definition) is 2. The highest BCUT2D eigenvalue weighted by molar-refractivity contribution is 5.88. The minimum atomic E-state index is -0.142. The molecule has 1 aromatic carbocycles. The van der Waals surface area contributed by atoms with Crippen LogP contribution in [0.5, 0.6) is 0 Å². The summed E-state index contributed by atoms with van der Waals surface area (Å²) in [4.78, 5) is 20.9. The highest BCUT2D eigenvalue weighted by atomic mass is 16.5. The van der Waals surface area contributed by atoms with E-state index in [1.807, 2.05) is 55.6 Å². The van der Waals surface area contributed by atoms with Crippen LogP contribution in [-0.2, 0) is 4.74 Å². The zero-order valence-corrected chi connectivity index (χ0v) is 16.6. The molecule has 3 aromatic heterocycles. The summed E-state index contributed by atoms with van der Waals surface area (Å²) >= 11 is 0. The number of H-pyrrole nitrogens is 1. The molecule has 144 valence electrons. The molecule has 0 radical (unpaired) electrons. The van der Waals surface area contributed by atoms with Crippen molar-refractivity contribution in [1.82, 2.24) is 14.4 Å². The van der Waals surface area contributed by atoms with E-state index in [-0.39, 0.29) is 5.56 Å². The molecule has 0 saturated heterocycles. The largest absolute Gasteiger partial charge is 0.383 e. The van der Waals surface area contributed by atoms with Crippen LogP contribution in [0.2, 0.25) is 0 Å². The van der Waals surface area contributed by atoms with Gasteiger partial charge < -0.3 is 15.0 Å². The minimum absolute atomic E-state index is 0.142. The van der Waals surface area contributed by atoms with E-state index in [4.69, 9.17) is 9.72 Å². The van der Waals surface area contributed by atoms with E-state index in [1.165, 1.54) is 0 Å². The van der Waals surface area contributed by atoms with Crippen LogP contribution in [-0.4, -0.2) is 34.6 Å². The summed E-state index contributed by atoms with van der Waals surface area (Å²) in [6, 6.07) is 10.0. The van der Waals surface area contributed by atoms with E-state index < -0.39 is 0 Å². The average Bonchev–Trinajstić information content (AvgIpc) is 3.05. The Bertz CT molecular complexity index is 1240. The van der Waals surface area contributed by atoms with E-state index in [2.05, 4.69) is 16.4 Å². The van der Waals surface area contributed by atoms with Crippen LogP contribution in [0.3, 0.4) is 0 Å². The van der Waals surface area contributed by atoms with Gasteiger partial charge in [-0.2, -0.15) is 0 Å². The molecule has 0 amide bonds. The molecule has 2 N–H and O–H groups in total. The van der Waals surface area contributed by atoms with Crippen LogP contribution in [0.1, 0.15) is 16.7 Å². The molecule has 0 aliphatic carbocycles. The first-order valence-corrected chi connectivity index (χ1v) is 9.35. The Morgan fingerprint density at radius 2 is 2.00 bits per heavy atom. The van der Waals surface area contributed by atoms with Gasteiger partial charge in [-0.05, 0) is 55.0 Å². The number of rotatable bonds is 5. The second kappa shape index (κ2) is 7.13. The number of pyridine rings is 2. The maximum absolute atomic E-state index is 13.0. The number of imidazole rings is 1. The normalized spacial score (nSPS) is 11.4. The van der Waals surface area contributed by atoms with Gasteiger partial charge in [-0.25, -0.2) is 4.98 Å². The molecule has 4 aromatic rings. The van der Waals surface area contributed by atoms with Gasteiger partial charge in [0.2, 0.25) is 0 Å². The summed E-state index contributed by atoms with van der Waals surface area (Å²) in [7, 11) is 1.67. The van der Waals surface area contributed by atoms with E-state index in [0.717, 1.165) is 39.1 Å². The van der Waals surface area contributed by atoms with Crippen LogP contribution in [0.25, 0.3) is 27.8 Å². The molecule has 0 unspecified atom stereocenters. The van der Waals surface area contributed by atoms with Crippen molar-refractivity contribution < 1.29 is 4.74 Å². The number of methoxy groups -OCH3 is 1. The van der Waals surface area contributed by atoms with Gasteiger partial charge in [-0.1, -0.05) is 18.2 Å². The van der Waals surface area contributed by atoms with Crippen LogP contribution in [0.4, 0.5) is 5.82 Å². The zero-order chi connectivity index (χ0) is 19.8. The van der Waals surface area contributed by atoms with Gasteiger partial charge in [0.25, 0.3) is 5.56 Å². The molecule has 28 heavy (non-hydrogen) atoms. The molecular weight excluding hydrogens is 352 g/mol. The maximum Gasteiger partial charge on any atom is 0.258 e. The van der Waals surface area contributed by atoms with Gasteiger partial charge in [0.05, 0.1) is 17.7 Å². The molecule has 0 bridgehead atoms. The number of fused-ring (bicyclic) bond motifs is 2. The highest BCUT2D eigenvalue weighted by Gasteiger charge is 2.18. The number of aromatic amines is 1. The lowest BCUT2D eigenvalue weighted by atomic mass is 10.0. The van der Waals surface area contributed by atoms with E-state index >= 15 is 0 Å². The number of ether oxygens (including phenoxy) is 1. The topological polar surface area (TPSA) is 71.4 Å². The summed E-state index contributed by atoms with van der Waals surface area (Å²) in [6.45, 7) is 7.27. The quantitative estimate of drug-likeness (QED) is 0.519. The Hall–Kier alpha value is -3.12. The number of hydrogen-bond acceptors (Lipinski definition) is 4. The molecule has 0 fully saturated rings. The minimum Gasteiger partial charge on any atom is -0.383 e. The molecule has 6 heteroatoms. The van der Waals surface area contributed by atoms with Crippen molar-refractivity contribution in [3.63, 3.8) is 0 Å². The first kappa shape index (κ1) is 18.3. The van der Waals surface area contributed by atoms with Crippen molar-refractivity contribution in [2.75, 3.05) is 25.6 Å². The van der Waals surface area contributed by atoms with E-state index in [1.54, 1.807) is 7.11 Å². The SMILES string of the molecule is COCCNc1c(-c2cc3ccc(C)c(C)c3[nH]c2=O)nc2c(C)cccn12. The fourth-order valence-corrected chi connectivity index (χ4v) is 3.53. The fraction of sp³-hybridized carbons (Fsp3) is 0.273. The molecule has 0 saturated carbocycles. The Balaban J connectivity index is 1.96. The second-order valence-corrected chi connectivity index (χ2v) is 7.10. The number of anilines is 1. The highest BCUT2D eigenvalue weighted by Crippen LogP contribution is 2.30. The average molecular weight is 376 g/mol. The van der Waals surface area contributed by atoms with Crippen molar-refractivity contribution in [3.8, 4) is 11.3 Å². The van der Waals surface area contributed by atoms with Crippen LogP contribution in [0.15, 0.2) is 41.3 Å². The van der Waals surface area contributed by atoms with Crippen molar-refractivity contribution in [1.29, 1.82) is 0 Å². The lowest BCUT2D eigenvalue weighted by molar-refractivity contribution is 0.210. The van der Waals surface area contributed by atoms with E-state index in [0.29, 0.717) is 24.4 Å². The summed E-state index contributed by atoms with van der Waals surface area (Å²) in [6.07, 6.45) is 1.96. The number of aryl methyl sites for hydroxylation is 3. The van der Waals surface area contributed by atoms with Crippen molar-refractivity contribution >= 4 is 22.4 Å². The van der Waals surface area contributed by atoms with Crippen molar-refractivity contribution in [2.45, 2.75) is 20.8 Å². The molecule has 0 aliphatic rings. The second-order valence-electron chi connectivity index (χ2n) is 7.10. The number of nitrogens with zero attached hydrogens (tertiary/aromatic N) is 2. The maximum atomic E-state index is 13.0. The van der Waals surface area contributed by atoms with Gasteiger partial charge in [0.15, 0.2) is 0 Å². The molecular formula is C22H24N4O2. The summed E-state index contributed by atoms with van der Waals surface area (Å²) in [5.41, 5.74) is 6.06. The lowest BCUT2D eigenvalue weighted by Crippen LogP contribution is -2.13. The number of benzene rings is 1. The predicted molar refractivity (Wildman–Crippen MR) is 113 cm³/mol. The van der Waals surface area contributed by atoms with Crippen LogP contribution < -0.4 is 10.9 Å². The van der Waals surface area contributed by atoms with Crippen molar-refractivity contribution in [2.24, 2.45) is 0 Å². The molecule has 6 nitrogen and oxygen atoms in total. The van der Waals surface area contributed by atoms with Crippen LogP contribution in [0, 0.1) is 20.8 Å². The first-order chi connectivity index (χ1) is 13.5. The smallest absolute Gasteiger partial charge is 0.258 e. The van der Waals surface area contributed by atoms with Gasteiger partial charge in [0.1, 0.15) is 17.2 Å². The van der Waals surface area contributed by atoms with Gasteiger partial charge in [0, 0.05) is 19.9 Å².